The first-order valence-electron chi connectivity index (χ1n) is 12.4. The van der Waals surface area contributed by atoms with Gasteiger partial charge in [0.05, 0.1) is 21.5 Å². The summed E-state index contributed by atoms with van der Waals surface area (Å²) in [5, 5.41) is 6.49. The minimum atomic E-state index is -4.35. The van der Waals surface area contributed by atoms with Crippen molar-refractivity contribution in [2.24, 2.45) is 5.92 Å². The number of alkyl halides is 5. The first-order valence-corrected chi connectivity index (χ1v) is 14.8. The molecule has 1 fully saturated rings. The van der Waals surface area contributed by atoms with Gasteiger partial charge in [-0.2, -0.15) is 27.1 Å². The van der Waals surface area contributed by atoms with E-state index >= 15 is 0 Å². The molecule has 15 heteroatoms. The molecule has 39 heavy (non-hydrogen) atoms. The Morgan fingerprint density at radius 1 is 1.26 bits per heavy atom. The number of carbonyl (C=O) groups is 1. The molecule has 0 saturated heterocycles. The highest BCUT2D eigenvalue weighted by Gasteiger charge is 2.30. The van der Waals surface area contributed by atoms with Crippen LogP contribution in [0.2, 0.25) is 5.02 Å². The van der Waals surface area contributed by atoms with E-state index in [1.165, 1.54) is 10.9 Å². The van der Waals surface area contributed by atoms with Crippen molar-refractivity contribution < 1.29 is 39.9 Å². The summed E-state index contributed by atoms with van der Waals surface area (Å²) >= 11 is 6.50. The van der Waals surface area contributed by atoms with Crippen molar-refractivity contribution in [2.45, 2.75) is 76.5 Å². The van der Waals surface area contributed by atoms with Crippen LogP contribution in [0.1, 0.15) is 61.6 Å². The lowest BCUT2D eigenvalue weighted by Gasteiger charge is -2.27. The summed E-state index contributed by atoms with van der Waals surface area (Å²) in [6.45, 7) is -1.04. The van der Waals surface area contributed by atoms with Crippen molar-refractivity contribution in [1.29, 1.82) is 0 Å². The molecule has 1 N–H and O–H groups in total. The van der Waals surface area contributed by atoms with E-state index in [0.29, 0.717) is 25.7 Å². The molecule has 0 aliphatic heterocycles. The summed E-state index contributed by atoms with van der Waals surface area (Å²) in [5.41, 5.74) is 0.0897. The number of hydrogen-bond acceptors (Lipinski definition) is 6. The first-order chi connectivity index (χ1) is 18.2. The van der Waals surface area contributed by atoms with Gasteiger partial charge in [0.2, 0.25) is 0 Å². The maximum atomic E-state index is 13.2. The largest absolute Gasteiger partial charge is 0.434 e. The van der Waals surface area contributed by atoms with Crippen molar-refractivity contribution in [3.05, 3.63) is 28.7 Å². The summed E-state index contributed by atoms with van der Waals surface area (Å²) in [6, 6.07) is 1.13. The number of nitrogens with zero attached hydrogens (tertiary/aromatic N) is 3. The number of hydrogen-bond donors (Lipinski definition) is 1. The number of halogens is 6. The molecule has 8 nitrogen and oxygen atoms in total. The quantitative estimate of drug-likeness (QED) is 0.345. The zero-order valence-electron chi connectivity index (χ0n) is 21.4. The number of aromatic nitrogens is 3. The molecule has 218 valence electrons. The summed E-state index contributed by atoms with van der Waals surface area (Å²) < 4.78 is 93.3. The molecule has 0 spiro atoms. The minimum Gasteiger partial charge on any atom is -0.434 e. The summed E-state index contributed by atoms with van der Waals surface area (Å²) in [7, 11) is -3.11. The Morgan fingerprint density at radius 2 is 1.92 bits per heavy atom. The fraction of sp³-hybridized carbons (Fsp3) is 0.625. The highest BCUT2D eigenvalue weighted by molar-refractivity contribution is 7.91. The Bertz CT molecular complexity index is 1260. The lowest BCUT2D eigenvalue weighted by molar-refractivity contribution is -0.135. The molecular weight excluding hydrogens is 571 g/mol. The zero-order chi connectivity index (χ0) is 29.0. The molecule has 2 aromatic heterocycles. The van der Waals surface area contributed by atoms with Gasteiger partial charge < -0.3 is 10.1 Å². The summed E-state index contributed by atoms with van der Waals surface area (Å²) in [6.07, 6.45) is -1.11. The van der Waals surface area contributed by atoms with Gasteiger partial charge in [-0.1, -0.05) is 11.6 Å². The van der Waals surface area contributed by atoms with Gasteiger partial charge in [0.1, 0.15) is 15.6 Å². The van der Waals surface area contributed by atoms with Crippen LogP contribution in [0.25, 0.3) is 11.3 Å². The number of rotatable bonds is 11. The molecule has 0 radical (unpaired) electrons. The van der Waals surface area contributed by atoms with Crippen LogP contribution in [-0.2, 0) is 22.8 Å². The fourth-order valence-electron chi connectivity index (χ4n) is 4.61. The van der Waals surface area contributed by atoms with Gasteiger partial charge in [0.25, 0.3) is 5.91 Å². The Hall–Kier alpha value is -2.48. The number of sulfone groups is 1. The van der Waals surface area contributed by atoms with E-state index in [9.17, 15) is 35.2 Å². The van der Waals surface area contributed by atoms with E-state index < -0.39 is 35.0 Å². The van der Waals surface area contributed by atoms with E-state index in [1.807, 2.05) is 0 Å². The van der Waals surface area contributed by atoms with E-state index in [-0.39, 0.29) is 70.5 Å². The van der Waals surface area contributed by atoms with Crippen molar-refractivity contribution in [3.8, 4) is 17.0 Å². The van der Waals surface area contributed by atoms with Crippen LogP contribution in [-0.4, -0.2) is 59.9 Å². The molecule has 1 aliphatic rings. The maximum absolute atomic E-state index is 13.2. The third-order valence-electron chi connectivity index (χ3n) is 6.65. The van der Waals surface area contributed by atoms with Crippen molar-refractivity contribution in [3.63, 3.8) is 0 Å². The van der Waals surface area contributed by atoms with Crippen LogP contribution in [0, 0.1) is 5.92 Å². The molecule has 0 aromatic carbocycles. The normalized spacial score (nSPS) is 18.4. The highest BCUT2D eigenvalue weighted by atomic mass is 35.5. The number of amides is 1. The number of pyridine rings is 1. The smallest absolute Gasteiger partial charge is 0.389 e. The van der Waals surface area contributed by atoms with E-state index in [1.54, 1.807) is 6.92 Å². The Labute approximate surface area is 228 Å². The van der Waals surface area contributed by atoms with Crippen molar-refractivity contribution >= 4 is 27.3 Å². The molecule has 3 rings (SSSR count). The van der Waals surface area contributed by atoms with Gasteiger partial charge in [-0.25, -0.2) is 8.42 Å². The van der Waals surface area contributed by atoms with E-state index in [2.05, 4.69) is 20.1 Å². The van der Waals surface area contributed by atoms with Crippen LogP contribution in [0.5, 0.6) is 5.75 Å². The van der Waals surface area contributed by atoms with Crippen molar-refractivity contribution in [1.82, 2.24) is 20.1 Å². The van der Waals surface area contributed by atoms with Crippen LogP contribution >= 0.6 is 11.6 Å². The topological polar surface area (TPSA) is 103 Å². The SMILES string of the molecule is CCn1nc(C(=O)NCC2CCC(S(C)(=O)=O)CC2)c(Cl)c1-c1cnc(CCCC(F)(F)F)cc1OC(F)F. The molecule has 2 heterocycles. The number of aryl methyl sites for hydroxylation is 2. The average molecular weight is 601 g/mol. The molecule has 1 aliphatic carbocycles. The Morgan fingerprint density at radius 3 is 2.49 bits per heavy atom. The van der Waals surface area contributed by atoms with Gasteiger partial charge in [-0.3, -0.25) is 14.5 Å². The second-order valence-electron chi connectivity index (χ2n) is 9.53. The van der Waals surface area contributed by atoms with E-state index in [4.69, 9.17) is 11.6 Å². The van der Waals surface area contributed by atoms with Crippen LogP contribution in [0.4, 0.5) is 22.0 Å². The first kappa shape index (κ1) is 31.1. The van der Waals surface area contributed by atoms with Crippen LogP contribution < -0.4 is 10.1 Å². The minimum absolute atomic E-state index is 0.00682. The fourth-order valence-corrected chi connectivity index (χ4v) is 6.06. The van der Waals surface area contributed by atoms with Crippen LogP contribution in [0.15, 0.2) is 12.3 Å². The number of carbonyl (C=O) groups excluding carboxylic acids is 1. The predicted octanol–water partition coefficient (Wildman–Crippen LogP) is 5.44. The molecule has 0 bridgehead atoms. The van der Waals surface area contributed by atoms with Gasteiger partial charge >= 0.3 is 12.8 Å². The van der Waals surface area contributed by atoms with Crippen LogP contribution in [0.3, 0.4) is 0 Å². The monoisotopic (exact) mass is 600 g/mol. The van der Waals surface area contributed by atoms with Gasteiger partial charge in [-0.05, 0) is 51.4 Å². The van der Waals surface area contributed by atoms with Gasteiger partial charge in [-0.15, -0.1) is 0 Å². The predicted molar refractivity (Wildman–Crippen MR) is 135 cm³/mol. The maximum Gasteiger partial charge on any atom is 0.389 e. The Balaban J connectivity index is 1.79. The average Bonchev–Trinajstić information content (AvgIpc) is 3.17. The third kappa shape index (κ3) is 8.50. The lowest BCUT2D eigenvalue weighted by Crippen LogP contribution is -2.34. The van der Waals surface area contributed by atoms with Gasteiger partial charge in [0.15, 0.2) is 5.69 Å². The van der Waals surface area contributed by atoms with Crippen molar-refractivity contribution in [2.75, 3.05) is 12.8 Å². The standard InChI is InChI=1S/C24H30ClF5N4O4S/c1-3-34-21(17-13-31-15(5-4-10-24(28,29)30)11-18(17)38-23(26)27)19(25)20(33-34)22(35)32-12-14-6-8-16(9-7-14)39(2,36)37/h11,13-14,16,23H,3-10,12H2,1-2H3,(H,32,35). The molecule has 2 aromatic rings. The molecule has 1 amide bonds. The molecule has 1 saturated carbocycles. The zero-order valence-corrected chi connectivity index (χ0v) is 23.0. The summed E-state index contributed by atoms with van der Waals surface area (Å²) in [5.74, 6) is -0.863. The highest BCUT2D eigenvalue weighted by Crippen LogP contribution is 2.38. The number of ether oxygens (including phenoxy) is 1. The summed E-state index contributed by atoms with van der Waals surface area (Å²) in [4.78, 5) is 17.0. The molecule has 0 unspecified atom stereocenters. The van der Waals surface area contributed by atoms with Gasteiger partial charge in [0, 0.05) is 43.7 Å². The molecule has 0 atom stereocenters. The third-order valence-corrected chi connectivity index (χ3v) is 8.69. The second-order valence-corrected chi connectivity index (χ2v) is 12.2. The Kier molecular flexibility index (Phi) is 10.2. The lowest BCUT2D eigenvalue weighted by atomic mass is 9.89. The number of nitrogens with one attached hydrogen (secondary N) is 1. The molecular formula is C24H30ClF5N4O4S. The van der Waals surface area contributed by atoms with E-state index in [0.717, 1.165) is 12.3 Å². The second kappa shape index (κ2) is 12.8.